The van der Waals surface area contributed by atoms with Crippen molar-refractivity contribution in [3.05, 3.63) is 58.1 Å². The summed E-state index contributed by atoms with van der Waals surface area (Å²) in [5.41, 5.74) is 1.93. The second-order valence-electron chi connectivity index (χ2n) is 3.73. The highest BCUT2D eigenvalue weighted by molar-refractivity contribution is 9.10. The van der Waals surface area contributed by atoms with Gasteiger partial charge in [-0.3, -0.25) is 4.79 Å². The molecule has 0 spiro atoms. The van der Waals surface area contributed by atoms with Crippen LogP contribution in [-0.4, -0.2) is 6.29 Å². The quantitative estimate of drug-likeness (QED) is 0.763. The molecular weight excluding hydrogens is 296 g/mol. The van der Waals surface area contributed by atoms with Crippen molar-refractivity contribution in [3.63, 3.8) is 0 Å². The van der Waals surface area contributed by atoms with E-state index in [1.807, 2.05) is 24.3 Å². The van der Waals surface area contributed by atoms with Gasteiger partial charge in [-0.15, -0.1) is 0 Å². The minimum atomic E-state index is 0.686. The Labute approximate surface area is 113 Å². The highest BCUT2D eigenvalue weighted by Gasteiger charge is 2.03. The smallest absolute Gasteiger partial charge is 0.150 e. The van der Waals surface area contributed by atoms with Gasteiger partial charge in [-0.1, -0.05) is 35.5 Å². The van der Waals surface area contributed by atoms with E-state index < -0.39 is 0 Å². The van der Waals surface area contributed by atoms with Crippen molar-refractivity contribution >= 4 is 34.0 Å². The lowest BCUT2D eigenvalue weighted by Crippen LogP contribution is -1.82. The van der Waals surface area contributed by atoms with E-state index in [1.165, 1.54) is 10.5 Å². The van der Waals surface area contributed by atoms with Gasteiger partial charge >= 0.3 is 0 Å². The van der Waals surface area contributed by atoms with Crippen LogP contribution in [-0.2, 0) is 0 Å². The third kappa shape index (κ3) is 3.20. The van der Waals surface area contributed by atoms with E-state index in [2.05, 4.69) is 41.1 Å². The van der Waals surface area contributed by atoms with Gasteiger partial charge < -0.3 is 0 Å². The van der Waals surface area contributed by atoms with Crippen LogP contribution in [0.2, 0.25) is 0 Å². The molecule has 0 amide bonds. The fraction of sp³-hybridized carbons (Fsp3) is 0.0714. The Bertz CT molecular complexity index is 552. The predicted molar refractivity (Wildman–Crippen MR) is 74.8 cm³/mol. The number of carbonyl (C=O) groups is 1. The molecule has 0 radical (unpaired) electrons. The van der Waals surface area contributed by atoms with Gasteiger partial charge in [0, 0.05) is 19.8 Å². The van der Waals surface area contributed by atoms with E-state index in [0.29, 0.717) is 5.56 Å². The summed E-state index contributed by atoms with van der Waals surface area (Å²) in [5.74, 6) is 0. The van der Waals surface area contributed by atoms with Crippen LogP contribution in [0.25, 0.3) is 0 Å². The molecule has 0 unspecified atom stereocenters. The molecular formula is C14H11BrOS. The molecule has 0 aliphatic carbocycles. The molecule has 0 N–H and O–H groups in total. The number of halogens is 1. The molecule has 17 heavy (non-hydrogen) atoms. The minimum absolute atomic E-state index is 0.686. The summed E-state index contributed by atoms with van der Waals surface area (Å²) in [6, 6.07) is 14.0. The highest BCUT2D eigenvalue weighted by Crippen LogP contribution is 2.34. The Morgan fingerprint density at radius 3 is 2.65 bits per heavy atom. The van der Waals surface area contributed by atoms with E-state index in [0.717, 1.165) is 15.7 Å². The molecule has 0 bridgehead atoms. The maximum atomic E-state index is 10.6. The topological polar surface area (TPSA) is 17.1 Å². The first-order valence-corrected chi connectivity index (χ1v) is 6.79. The highest BCUT2D eigenvalue weighted by atomic mass is 79.9. The van der Waals surface area contributed by atoms with E-state index in [4.69, 9.17) is 0 Å². The Kier molecular flexibility index (Phi) is 4.02. The van der Waals surface area contributed by atoms with Crippen LogP contribution in [0.3, 0.4) is 0 Å². The molecule has 0 heterocycles. The van der Waals surface area contributed by atoms with Gasteiger partial charge in [0.15, 0.2) is 0 Å². The normalized spacial score (nSPS) is 10.2. The van der Waals surface area contributed by atoms with Gasteiger partial charge in [-0.25, -0.2) is 0 Å². The monoisotopic (exact) mass is 306 g/mol. The molecule has 0 saturated carbocycles. The summed E-state index contributed by atoms with van der Waals surface area (Å²) >= 11 is 5.17. The average Bonchev–Trinajstić information content (AvgIpc) is 2.32. The van der Waals surface area contributed by atoms with Gasteiger partial charge in [-0.2, -0.15) is 0 Å². The number of benzene rings is 2. The molecule has 0 aliphatic rings. The van der Waals surface area contributed by atoms with E-state index in [9.17, 15) is 4.79 Å². The fourth-order valence-corrected chi connectivity index (χ4v) is 3.06. The van der Waals surface area contributed by atoms with Crippen LogP contribution in [0.4, 0.5) is 0 Å². The standard InChI is InChI=1S/C14H11BrOS/c1-10-3-2-4-12(7-10)17-14-6-5-11(9-16)8-13(14)15/h2-9H,1H3. The van der Waals surface area contributed by atoms with Crippen molar-refractivity contribution in [3.8, 4) is 0 Å². The lowest BCUT2D eigenvalue weighted by Gasteiger charge is -2.05. The van der Waals surface area contributed by atoms with Crippen LogP contribution < -0.4 is 0 Å². The SMILES string of the molecule is Cc1cccc(Sc2ccc(C=O)cc2Br)c1. The number of carbonyl (C=O) groups excluding carboxylic acids is 1. The summed E-state index contributed by atoms with van der Waals surface area (Å²) in [4.78, 5) is 13.0. The first kappa shape index (κ1) is 12.4. The molecule has 86 valence electrons. The first-order valence-electron chi connectivity index (χ1n) is 5.18. The van der Waals surface area contributed by atoms with E-state index >= 15 is 0 Å². The molecule has 2 aromatic rings. The lowest BCUT2D eigenvalue weighted by molar-refractivity contribution is 0.112. The minimum Gasteiger partial charge on any atom is -0.298 e. The fourth-order valence-electron chi connectivity index (χ4n) is 1.48. The van der Waals surface area contributed by atoms with Crippen molar-refractivity contribution in [2.75, 3.05) is 0 Å². The number of aldehydes is 1. The van der Waals surface area contributed by atoms with Crippen LogP contribution in [0.15, 0.2) is 56.7 Å². The first-order chi connectivity index (χ1) is 8.19. The van der Waals surface area contributed by atoms with E-state index in [-0.39, 0.29) is 0 Å². The number of hydrogen-bond donors (Lipinski definition) is 0. The zero-order valence-electron chi connectivity index (χ0n) is 9.31. The summed E-state index contributed by atoms with van der Waals surface area (Å²) in [7, 11) is 0. The number of hydrogen-bond acceptors (Lipinski definition) is 2. The van der Waals surface area contributed by atoms with Gasteiger partial charge in [0.1, 0.15) is 6.29 Å². The third-order valence-electron chi connectivity index (χ3n) is 2.31. The molecule has 2 rings (SSSR count). The predicted octanol–water partition coefficient (Wildman–Crippen LogP) is 4.72. The number of rotatable bonds is 3. The van der Waals surface area contributed by atoms with Crippen molar-refractivity contribution < 1.29 is 4.79 Å². The van der Waals surface area contributed by atoms with Crippen LogP contribution in [0.5, 0.6) is 0 Å². The van der Waals surface area contributed by atoms with Crippen LogP contribution in [0, 0.1) is 6.92 Å². The Balaban J connectivity index is 2.27. The van der Waals surface area contributed by atoms with Crippen molar-refractivity contribution in [1.82, 2.24) is 0 Å². The zero-order chi connectivity index (χ0) is 12.3. The number of aryl methyl sites for hydroxylation is 1. The summed E-state index contributed by atoms with van der Waals surface area (Å²) in [6.07, 6.45) is 0.853. The molecule has 1 nitrogen and oxygen atoms in total. The van der Waals surface area contributed by atoms with Gasteiger partial charge in [0.2, 0.25) is 0 Å². The van der Waals surface area contributed by atoms with Crippen molar-refractivity contribution in [2.45, 2.75) is 16.7 Å². The molecule has 0 saturated heterocycles. The third-order valence-corrected chi connectivity index (χ3v) is 4.29. The summed E-state index contributed by atoms with van der Waals surface area (Å²) in [5, 5.41) is 0. The van der Waals surface area contributed by atoms with Crippen molar-refractivity contribution in [2.24, 2.45) is 0 Å². The van der Waals surface area contributed by atoms with Crippen LogP contribution >= 0.6 is 27.7 Å². The Hall–Kier alpha value is -1.06. The summed E-state index contributed by atoms with van der Waals surface area (Å²) in [6.45, 7) is 2.08. The van der Waals surface area contributed by atoms with Gasteiger partial charge in [0.25, 0.3) is 0 Å². The van der Waals surface area contributed by atoms with Crippen molar-refractivity contribution in [1.29, 1.82) is 0 Å². The Morgan fingerprint density at radius 1 is 1.18 bits per heavy atom. The molecule has 3 heteroatoms. The summed E-state index contributed by atoms with van der Waals surface area (Å²) < 4.78 is 0.952. The van der Waals surface area contributed by atoms with Crippen LogP contribution in [0.1, 0.15) is 15.9 Å². The van der Waals surface area contributed by atoms with Gasteiger partial charge in [0.05, 0.1) is 0 Å². The molecule has 0 aliphatic heterocycles. The molecule has 0 atom stereocenters. The molecule has 0 aromatic heterocycles. The maximum absolute atomic E-state index is 10.6. The average molecular weight is 307 g/mol. The second-order valence-corrected chi connectivity index (χ2v) is 5.70. The van der Waals surface area contributed by atoms with Gasteiger partial charge in [-0.05, 0) is 47.1 Å². The molecule has 2 aromatic carbocycles. The zero-order valence-corrected chi connectivity index (χ0v) is 11.7. The Morgan fingerprint density at radius 2 is 2.00 bits per heavy atom. The lowest BCUT2D eigenvalue weighted by atomic mass is 10.2. The van der Waals surface area contributed by atoms with E-state index in [1.54, 1.807) is 11.8 Å². The second kappa shape index (κ2) is 5.52. The molecule has 0 fully saturated rings. The largest absolute Gasteiger partial charge is 0.298 e. The maximum Gasteiger partial charge on any atom is 0.150 e.